The van der Waals surface area contributed by atoms with Gasteiger partial charge in [0.05, 0.1) is 56.3 Å². The second-order valence-corrected chi connectivity index (χ2v) is 22.5. The number of hydrogen-bond donors (Lipinski definition) is 9. The number of primary amides is 1. The number of carbonyl (C=O) groups excluding carboxylic acids is 5. The first-order valence-corrected chi connectivity index (χ1v) is 28.7. The van der Waals surface area contributed by atoms with Crippen LogP contribution in [0.5, 0.6) is 5.75 Å². The van der Waals surface area contributed by atoms with Crippen molar-refractivity contribution in [3.63, 3.8) is 0 Å². The summed E-state index contributed by atoms with van der Waals surface area (Å²) in [5.74, 6) is 3.60. The smallest absolute Gasteiger partial charge is 0.405 e. The zero-order valence-corrected chi connectivity index (χ0v) is 48.1. The van der Waals surface area contributed by atoms with Crippen LogP contribution in [-0.2, 0) is 36.6 Å². The minimum Gasteiger partial charge on any atom is -0.495 e. The number of hydrogen-bond acceptors (Lipinski definition) is 16. The molecule has 4 fully saturated rings. The van der Waals surface area contributed by atoms with Crippen molar-refractivity contribution in [1.29, 1.82) is 0 Å². The number of aliphatic hydroxyl groups excluding tert-OH is 2. The fourth-order valence-corrected chi connectivity index (χ4v) is 11.6. The van der Waals surface area contributed by atoms with E-state index in [-0.39, 0.29) is 36.8 Å². The molecule has 10 N–H and O–H groups in total. The lowest BCUT2D eigenvalue weighted by Gasteiger charge is -2.45. The van der Waals surface area contributed by atoms with Gasteiger partial charge in [0, 0.05) is 92.1 Å². The second kappa shape index (κ2) is 25.7. The minimum absolute atomic E-state index is 0.0105. The van der Waals surface area contributed by atoms with Crippen molar-refractivity contribution in [2.24, 2.45) is 12.8 Å². The van der Waals surface area contributed by atoms with Crippen LogP contribution in [0.15, 0.2) is 90.0 Å². The lowest BCUT2D eigenvalue weighted by molar-refractivity contribution is -0.134. The number of rotatable bonds is 21. The quantitative estimate of drug-likeness (QED) is 0.0468. The molecule has 452 valence electrons. The normalized spacial score (nSPS) is 18.0. The Hall–Kier alpha value is -8.93. The van der Waals surface area contributed by atoms with Crippen molar-refractivity contribution in [1.82, 2.24) is 50.6 Å². The number of benzene rings is 3. The number of nitrogens with two attached hydrogens (primary N) is 1. The summed E-state index contributed by atoms with van der Waals surface area (Å²) >= 11 is 0. The van der Waals surface area contributed by atoms with Crippen molar-refractivity contribution < 1.29 is 53.6 Å². The second-order valence-electron chi connectivity index (χ2n) is 22.5. The fourth-order valence-electron chi connectivity index (χ4n) is 11.6. The number of ether oxygens (including phenoxy) is 2. The molecule has 3 aromatic carbocycles. The number of anilines is 2. The highest BCUT2D eigenvalue weighted by Crippen LogP contribution is 2.44. The van der Waals surface area contributed by atoms with Crippen molar-refractivity contribution in [2.75, 3.05) is 76.1 Å². The van der Waals surface area contributed by atoms with E-state index in [9.17, 15) is 43.8 Å². The van der Waals surface area contributed by atoms with Gasteiger partial charge in [-0.05, 0) is 93.0 Å². The Morgan fingerprint density at radius 3 is 2.34 bits per heavy atom. The molecular weight excluding hydrogens is 1110 g/mol. The van der Waals surface area contributed by atoms with Gasteiger partial charge in [-0.15, -0.1) is 0 Å². The molecule has 25 heteroatoms. The summed E-state index contributed by atoms with van der Waals surface area (Å²) in [4.78, 5) is 109. The Kier molecular flexibility index (Phi) is 18.0. The molecule has 3 aromatic heterocycles. The van der Waals surface area contributed by atoms with Crippen LogP contribution < -0.4 is 47.1 Å². The van der Waals surface area contributed by atoms with E-state index in [4.69, 9.17) is 30.3 Å². The zero-order valence-electron chi connectivity index (χ0n) is 48.1. The number of aromatic amines is 1. The lowest BCUT2D eigenvalue weighted by atomic mass is 9.87. The lowest BCUT2D eigenvalue weighted by Crippen LogP contribution is -2.59. The summed E-state index contributed by atoms with van der Waals surface area (Å²) in [6.45, 7) is 3.93. The summed E-state index contributed by atoms with van der Waals surface area (Å²) in [6.07, 6.45) is 6.55. The third-order valence-corrected chi connectivity index (χ3v) is 16.7. The van der Waals surface area contributed by atoms with E-state index in [1.165, 1.54) is 12.0 Å². The molecule has 0 radical (unpaired) electrons. The Morgan fingerprint density at radius 1 is 0.895 bits per heavy atom. The van der Waals surface area contributed by atoms with Gasteiger partial charge in [0.15, 0.2) is 5.60 Å². The number of aromatic nitrogens is 4. The SMILES string of the molecule is COc1ccc(C#CCNC2(C)CCN(C3CCN(c4nc([C@@](CO)(OC5CC5)c5ccccc5)c5cc(-c6cn(C)c(=O)c7[nH]ccc67)ccc5n4)CC3)CC2)cc1N1CCC(=O)N(CNC(=O)[C@H](CC(N)=O)NC(=O)[C@H](CO)NC(=O)O)C1=O. The maximum absolute atomic E-state index is 13.9. The van der Waals surface area contributed by atoms with Gasteiger partial charge < -0.3 is 71.1 Å². The number of aliphatic hydroxyl groups is 2. The van der Waals surface area contributed by atoms with Gasteiger partial charge in [-0.3, -0.25) is 28.9 Å². The van der Waals surface area contributed by atoms with Gasteiger partial charge in [0.25, 0.3) is 5.56 Å². The van der Waals surface area contributed by atoms with E-state index in [0.717, 1.165) is 103 Å². The van der Waals surface area contributed by atoms with Crippen LogP contribution in [0.25, 0.3) is 32.9 Å². The maximum Gasteiger partial charge on any atom is 0.405 e. The zero-order chi connectivity index (χ0) is 60.9. The highest BCUT2D eigenvalue weighted by molar-refractivity contribution is 6.07. The highest BCUT2D eigenvalue weighted by atomic mass is 16.5. The first kappa shape index (κ1) is 60.2. The number of urea groups is 1. The third-order valence-electron chi connectivity index (χ3n) is 16.7. The predicted molar refractivity (Wildman–Crippen MR) is 318 cm³/mol. The topological polar surface area (TPSA) is 332 Å². The molecule has 25 nitrogen and oxygen atoms in total. The Morgan fingerprint density at radius 2 is 1.65 bits per heavy atom. The Labute approximate surface area is 495 Å². The highest BCUT2D eigenvalue weighted by Gasteiger charge is 2.44. The molecule has 10 rings (SSSR count). The molecule has 86 heavy (non-hydrogen) atoms. The molecule has 1 aliphatic carbocycles. The summed E-state index contributed by atoms with van der Waals surface area (Å²) in [5.41, 5.74) is 9.03. The Balaban J connectivity index is 0.769. The van der Waals surface area contributed by atoms with Crippen LogP contribution in [-0.4, -0.2) is 176 Å². The number of nitrogens with zero attached hydrogens (tertiary/aromatic N) is 7. The predicted octanol–water partition coefficient (Wildman–Crippen LogP) is 2.59. The molecular formula is C61H71N13O12. The number of methoxy groups -OCH3 is 1. The minimum atomic E-state index is -1.67. The average molecular weight is 1180 g/mol. The van der Waals surface area contributed by atoms with Gasteiger partial charge >= 0.3 is 12.1 Å². The van der Waals surface area contributed by atoms with E-state index < -0.39 is 73.1 Å². The molecule has 3 saturated heterocycles. The molecule has 3 atom stereocenters. The summed E-state index contributed by atoms with van der Waals surface area (Å²) in [5, 5.41) is 41.6. The fraction of sp³-hybridized carbons (Fsp3) is 0.426. The van der Waals surface area contributed by atoms with Crippen LogP contribution in [0.2, 0.25) is 0 Å². The van der Waals surface area contributed by atoms with E-state index in [1.807, 2.05) is 54.7 Å². The van der Waals surface area contributed by atoms with Gasteiger partial charge in [0.1, 0.15) is 30.0 Å². The molecule has 6 aromatic rings. The van der Waals surface area contributed by atoms with Crippen molar-refractivity contribution in [3.05, 3.63) is 112 Å². The van der Waals surface area contributed by atoms with E-state index >= 15 is 0 Å². The molecule has 0 spiro atoms. The number of aryl methyl sites for hydroxylation is 1. The van der Waals surface area contributed by atoms with Crippen LogP contribution in [0.4, 0.5) is 21.2 Å². The largest absolute Gasteiger partial charge is 0.495 e. The molecule has 3 aliphatic heterocycles. The van der Waals surface area contributed by atoms with Crippen molar-refractivity contribution in [2.45, 2.75) is 93.7 Å². The number of likely N-dealkylation sites (tertiary alicyclic amines) is 1. The molecule has 4 aliphatic rings. The molecule has 0 bridgehead atoms. The van der Waals surface area contributed by atoms with Crippen LogP contribution >= 0.6 is 0 Å². The summed E-state index contributed by atoms with van der Waals surface area (Å²) in [6, 6.07) is 19.2. The van der Waals surface area contributed by atoms with Crippen LogP contribution in [0.3, 0.4) is 0 Å². The van der Waals surface area contributed by atoms with Gasteiger partial charge in [-0.2, -0.15) is 0 Å². The van der Waals surface area contributed by atoms with E-state index in [2.05, 4.69) is 55.6 Å². The average Bonchev–Trinajstić information content (AvgIpc) is 1.18. The summed E-state index contributed by atoms with van der Waals surface area (Å²) in [7, 11) is 3.18. The number of H-pyrrole nitrogens is 1. The molecule has 1 saturated carbocycles. The number of fused-ring (bicyclic) bond motifs is 2. The van der Waals surface area contributed by atoms with Crippen LogP contribution in [0, 0.1) is 11.8 Å². The summed E-state index contributed by atoms with van der Waals surface area (Å²) < 4.78 is 14.1. The number of carbonyl (C=O) groups is 6. The number of nitrogens with one attached hydrogen (secondary N) is 5. The molecule has 6 heterocycles. The first-order chi connectivity index (χ1) is 41.4. The van der Waals surface area contributed by atoms with Crippen molar-refractivity contribution in [3.8, 4) is 28.7 Å². The van der Waals surface area contributed by atoms with E-state index in [1.54, 1.807) is 41.3 Å². The third kappa shape index (κ3) is 13.0. The number of piperidine rings is 2. The molecule has 0 unspecified atom stereocenters. The van der Waals surface area contributed by atoms with Gasteiger partial charge in [-0.1, -0.05) is 48.2 Å². The number of imide groups is 1. The van der Waals surface area contributed by atoms with Gasteiger partial charge in [0.2, 0.25) is 29.6 Å². The number of amides is 7. The first-order valence-electron chi connectivity index (χ1n) is 28.7. The monoisotopic (exact) mass is 1180 g/mol. The number of pyridine rings is 1. The van der Waals surface area contributed by atoms with Gasteiger partial charge in [-0.25, -0.2) is 24.5 Å². The Bertz CT molecular complexity index is 3680. The number of carboxylic acid groups (broad SMARTS) is 1. The molecule has 7 amide bonds. The van der Waals surface area contributed by atoms with E-state index in [0.29, 0.717) is 46.7 Å². The standard InChI is InChI=1S/C61H71N13O12/c1-60(65-23-7-8-37-11-16-49(85-3)48(30-37)73-27-20-51(78)74(59(73)84)36-64-54(79)46(32-50(62)77)66-55(80)47(34-75)68-58(82)83)21-28-71(29-22-60)40-18-25-72(26-19-40)57-67-45-15-12-38(44-33-70(2)56(81)52-42(44)17-24-63-52)31-43(45)53(69-57)61(35-76,86-41-13-14-41)39-9-5-4-6-10-39/h4-6,9-12,15-17,24,30-31,33,40-41,46-47,63,65,68,75-76H,13-14,18-23,25-29,32,34-36H2,1-3H3,(H2,62,77)(H,64,79)(H,66,80)(H,82,83)/t46-,47-,61-/m0/s1. The maximum atomic E-state index is 13.9. The van der Waals surface area contributed by atoms with Crippen LogP contribution in [0.1, 0.15) is 75.1 Å². The van der Waals surface area contributed by atoms with Crippen molar-refractivity contribution >= 4 is 69.2 Å².